The number of para-hydroxylation sites is 1. The fourth-order valence-corrected chi connectivity index (χ4v) is 4.98. The Labute approximate surface area is 217 Å². The molecule has 8 nitrogen and oxygen atoms in total. The first-order chi connectivity index (χ1) is 17.9. The third-order valence-corrected chi connectivity index (χ3v) is 7.29. The first-order valence-corrected chi connectivity index (χ1v) is 12.4. The van der Waals surface area contributed by atoms with Crippen molar-refractivity contribution in [1.82, 2.24) is 20.6 Å². The molecule has 2 aromatic heterocycles. The Kier molecular flexibility index (Phi) is 7.48. The van der Waals surface area contributed by atoms with Crippen molar-refractivity contribution < 1.29 is 32.7 Å². The molecule has 11 heteroatoms. The van der Waals surface area contributed by atoms with Gasteiger partial charge in [-0.05, 0) is 42.0 Å². The summed E-state index contributed by atoms with van der Waals surface area (Å²) in [5.41, 5.74) is -1.06. The summed E-state index contributed by atoms with van der Waals surface area (Å²) in [6.07, 6.45) is -1.00. The minimum Gasteiger partial charge on any atom is -0.479 e. The maximum Gasteiger partial charge on any atom is 0.418 e. The number of nitrogens with one attached hydrogen (secondary N) is 3. The van der Waals surface area contributed by atoms with E-state index in [9.17, 15) is 32.7 Å². The normalized spacial score (nSPS) is 18.9. The smallest absolute Gasteiger partial charge is 0.418 e. The number of halogens is 3. The molecule has 2 unspecified atom stereocenters. The van der Waals surface area contributed by atoms with Crippen LogP contribution in [0.4, 0.5) is 13.2 Å². The number of carboxylic acid groups (broad SMARTS) is 1. The number of alkyl halides is 3. The number of nitrogens with zero attached hydrogens (tertiary/aromatic N) is 1. The predicted molar refractivity (Wildman–Crippen MR) is 133 cm³/mol. The van der Waals surface area contributed by atoms with Crippen LogP contribution in [-0.4, -0.2) is 44.4 Å². The van der Waals surface area contributed by atoms with Gasteiger partial charge < -0.3 is 20.7 Å². The molecule has 3 aromatic rings. The highest BCUT2D eigenvalue weighted by atomic mass is 19.4. The average molecular weight is 531 g/mol. The second-order valence-corrected chi connectivity index (χ2v) is 9.83. The molecule has 0 fully saturated rings. The lowest BCUT2D eigenvalue weighted by atomic mass is 9.79. The molecule has 202 valence electrons. The number of pyridine rings is 1. The molecule has 38 heavy (non-hydrogen) atoms. The van der Waals surface area contributed by atoms with Gasteiger partial charge in [-0.15, -0.1) is 0 Å². The number of benzene rings is 1. The van der Waals surface area contributed by atoms with Crippen LogP contribution in [0.15, 0.2) is 42.7 Å². The van der Waals surface area contributed by atoms with Crippen LogP contribution in [0, 0.1) is 5.92 Å². The van der Waals surface area contributed by atoms with Gasteiger partial charge in [0.05, 0.1) is 17.5 Å². The first-order valence-electron chi connectivity index (χ1n) is 12.4. The summed E-state index contributed by atoms with van der Waals surface area (Å²) in [5, 5.41) is 15.9. The van der Waals surface area contributed by atoms with Gasteiger partial charge in [-0.3, -0.25) is 14.6 Å². The van der Waals surface area contributed by atoms with Crippen LogP contribution < -0.4 is 10.6 Å². The number of hydrogen-bond acceptors (Lipinski definition) is 4. The molecular weight excluding hydrogens is 501 g/mol. The molecule has 0 saturated heterocycles. The zero-order valence-electron chi connectivity index (χ0n) is 21.0. The molecule has 0 radical (unpaired) electrons. The number of hydrogen-bond donors (Lipinski definition) is 4. The maximum atomic E-state index is 13.6. The van der Waals surface area contributed by atoms with Gasteiger partial charge in [-0.2, -0.15) is 13.2 Å². The molecule has 1 aliphatic rings. The highest BCUT2D eigenvalue weighted by Gasteiger charge is 2.46. The number of rotatable bonds is 8. The molecule has 3 atom stereocenters. The van der Waals surface area contributed by atoms with Crippen molar-refractivity contribution in [3.63, 3.8) is 0 Å². The van der Waals surface area contributed by atoms with E-state index >= 15 is 0 Å². The van der Waals surface area contributed by atoms with E-state index in [1.165, 1.54) is 12.1 Å². The fourth-order valence-electron chi connectivity index (χ4n) is 4.98. The number of aryl methyl sites for hydroxylation is 1. The molecule has 4 N–H and O–H groups in total. The van der Waals surface area contributed by atoms with Crippen LogP contribution in [0.25, 0.3) is 10.9 Å². The SMILES string of the molecule is CCC(C)C(NC(=O)Cc1cccnc1)C(=O)N[C@]1(C(=O)O)CCc2[nH]c3c(C(F)(F)F)cccc3c2C1. The number of carbonyl (C=O) groups is 3. The number of H-pyrrole nitrogens is 1. The van der Waals surface area contributed by atoms with Crippen LogP contribution in [0.2, 0.25) is 0 Å². The summed E-state index contributed by atoms with van der Waals surface area (Å²) in [6.45, 7) is 3.63. The van der Waals surface area contributed by atoms with Crippen molar-refractivity contribution in [3.8, 4) is 0 Å². The van der Waals surface area contributed by atoms with Crippen LogP contribution >= 0.6 is 0 Å². The average Bonchev–Trinajstić information content (AvgIpc) is 3.24. The third kappa shape index (κ3) is 5.36. The summed E-state index contributed by atoms with van der Waals surface area (Å²) in [7, 11) is 0. The highest BCUT2D eigenvalue weighted by molar-refractivity contribution is 5.94. The van der Waals surface area contributed by atoms with E-state index < -0.39 is 41.1 Å². The van der Waals surface area contributed by atoms with E-state index in [-0.39, 0.29) is 42.5 Å². The number of aromatic amines is 1. The zero-order chi connectivity index (χ0) is 27.7. The summed E-state index contributed by atoms with van der Waals surface area (Å²) < 4.78 is 40.7. The van der Waals surface area contributed by atoms with E-state index in [0.29, 0.717) is 23.2 Å². The Balaban J connectivity index is 1.60. The lowest BCUT2D eigenvalue weighted by Gasteiger charge is -2.36. The Morgan fingerprint density at radius 3 is 2.61 bits per heavy atom. The number of fused-ring (bicyclic) bond motifs is 3. The number of amides is 2. The topological polar surface area (TPSA) is 124 Å². The quantitative estimate of drug-likeness (QED) is 0.353. The number of carbonyl (C=O) groups excluding carboxylic acids is 2. The van der Waals surface area contributed by atoms with Gasteiger partial charge in [-0.1, -0.05) is 38.5 Å². The molecule has 2 amide bonds. The molecule has 2 heterocycles. The molecule has 1 aromatic carbocycles. The lowest BCUT2D eigenvalue weighted by Crippen LogP contribution is -2.62. The van der Waals surface area contributed by atoms with Crippen LogP contribution in [-0.2, 0) is 39.8 Å². The number of aliphatic carboxylic acids is 1. The van der Waals surface area contributed by atoms with Crippen LogP contribution in [0.1, 0.15) is 49.1 Å². The van der Waals surface area contributed by atoms with Crippen molar-refractivity contribution in [1.29, 1.82) is 0 Å². The summed E-state index contributed by atoms with van der Waals surface area (Å²) in [4.78, 5) is 45.5. The Morgan fingerprint density at radius 1 is 1.21 bits per heavy atom. The predicted octanol–water partition coefficient (Wildman–Crippen LogP) is 3.78. The molecule has 0 spiro atoms. The summed E-state index contributed by atoms with van der Waals surface area (Å²) >= 11 is 0. The van der Waals surface area contributed by atoms with E-state index in [2.05, 4.69) is 20.6 Å². The molecular formula is C27H29F3N4O4. The second-order valence-electron chi connectivity index (χ2n) is 9.83. The Hall–Kier alpha value is -3.89. The molecule has 1 aliphatic carbocycles. The standard InChI is InChI=1S/C27H29F3N4O4/c1-3-15(2)22(33-21(35)12-16-6-5-11-31-14-16)24(36)34-26(25(37)38)10-9-20-18(13-26)17-7-4-8-19(23(17)32-20)27(28,29)30/h4-8,11,14-15,22,32H,3,9-10,12-13H2,1-2H3,(H,33,35)(H,34,36)(H,37,38)/t15?,22?,26-/m1/s1. The van der Waals surface area contributed by atoms with Crippen molar-refractivity contribution >= 4 is 28.7 Å². The van der Waals surface area contributed by atoms with Gasteiger partial charge in [0, 0.05) is 29.9 Å². The zero-order valence-corrected chi connectivity index (χ0v) is 21.0. The van der Waals surface area contributed by atoms with Crippen molar-refractivity contribution in [2.75, 3.05) is 0 Å². The molecule has 0 saturated carbocycles. The fraction of sp³-hybridized carbons (Fsp3) is 0.407. The first kappa shape index (κ1) is 27.2. The lowest BCUT2D eigenvalue weighted by molar-refractivity contribution is -0.149. The van der Waals surface area contributed by atoms with Crippen molar-refractivity contribution in [2.24, 2.45) is 5.92 Å². The highest BCUT2D eigenvalue weighted by Crippen LogP contribution is 2.40. The van der Waals surface area contributed by atoms with E-state index in [1.54, 1.807) is 31.5 Å². The Bertz CT molecular complexity index is 1360. The Morgan fingerprint density at radius 2 is 1.97 bits per heavy atom. The maximum absolute atomic E-state index is 13.6. The van der Waals surface area contributed by atoms with E-state index in [4.69, 9.17) is 0 Å². The monoisotopic (exact) mass is 530 g/mol. The van der Waals surface area contributed by atoms with E-state index in [1.807, 2.05) is 6.92 Å². The van der Waals surface area contributed by atoms with Crippen LogP contribution in [0.5, 0.6) is 0 Å². The van der Waals surface area contributed by atoms with Gasteiger partial charge in [0.25, 0.3) is 0 Å². The van der Waals surface area contributed by atoms with Crippen LogP contribution in [0.3, 0.4) is 0 Å². The van der Waals surface area contributed by atoms with Gasteiger partial charge in [-0.25, -0.2) is 4.79 Å². The van der Waals surface area contributed by atoms with Crippen molar-refractivity contribution in [3.05, 3.63) is 65.1 Å². The largest absolute Gasteiger partial charge is 0.479 e. The van der Waals surface area contributed by atoms with Gasteiger partial charge in [0.15, 0.2) is 0 Å². The van der Waals surface area contributed by atoms with Crippen molar-refractivity contribution in [2.45, 2.75) is 63.7 Å². The second kappa shape index (κ2) is 10.5. The summed E-state index contributed by atoms with van der Waals surface area (Å²) in [5.74, 6) is -2.66. The molecule has 4 rings (SSSR count). The van der Waals surface area contributed by atoms with Gasteiger partial charge in [0.2, 0.25) is 11.8 Å². The van der Waals surface area contributed by atoms with E-state index in [0.717, 1.165) is 6.07 Å². The molecule has 0 bridgehead atoms. The summed E-state index contributed by atoms with van der Waals surface area (Å²) in [6, 6.07) is 6.20. The third-order valence-electron chi connectivity index (χ3n) is 7.29. The minimum absolute atomic E-state index is 0.00162. The minimum atomic E-state index is -4.58. The van der Waals surface area contributed by atoms with Gasteiger partial charge in [0.1, 0.15) is 11.6 Å². The molecule has 0 aliphatic heterocycles. The number of carboxylic acids is 1. The van der Waals surface area contributed by atoms with Gasteiger partial charge >= 0.3 is 12.1 Å². The number of aromatic nitrogens is 2.